The van der Waals surface area contributed by atoms with Gasteiger partial charge in [-0.3, -0.25) is 10.1 Å². The Morgan fingerprint density at radius 3 is 2.56 bits per heavy atom. The topological polar surface area (TPSA) is 77.3 Å². The van der Waals surface area contributed by atoms with E-state index < -0.39 is 14.8 Å². The van der Waals surface area contributed by atoms with Crippen molar-refractivity contribution in [3.8, 4) is 0 Å². The number of nitrogens with zero attached hydrogens (tertiary/aromatic N) is 1. The van der Waals surface area contributed by atoms with E-state index in [0.717, 1.165) is 23.3 Å². The average molecular weight is 267 g/mol. The summed E-state index contributed by atoms with van der Waals surface area (Å²) in [5.74, 6) is 0. The van der Waals surface area contributed by atoms with Crippen molar-refractivity contribution in [2.45, 2.75) is 6.92 Å². The van der Waals surface area contributed by atoms with Gasteiger partial charge in [-0.25, -0.2) is 8.42 Å². The molecule has 0 saturated carbocycles. The van der Waals surface area contributed by atoms with Gasteiger partial charge in [-0.2, -0.15) is 0 Å². The summed E-state index contributed by atoms with van der Waals surface area (Å²) in [4.78, 5) is 10.2. The van der Waals surface area contributed by atoms with Crippen molar-refractivity contribution in [1.29, 1.82) is 0 Å². The third-order valence-electron chi connectivity index (χ3n) is 2.05. The van der Waals surface area contributed by atoms with E-state index in [4.69, 9.17) is 0 Å². The molecular weight excluding hydrogens is 254 g/mol. The van der Waals surface area contributed by atoms with Crippen LogP contribution in [0.4, 0.5) is 0 Å². The molecule has 0 saturated heterocycles. The second kappa shape index (κ2) is 5.59. The summed E-state index contributed by atoms with van der Waals surface area (Å²) >= 11 is 0. The molecule has 1 rings (SSSR count). The molecule has 0 heterocycles. The highest BCUT2D eigenvalue weighted by Gasteiger charge is 2.07. The second-order valence-corrected chi connectivity index (χ2v) is 5.80. The number of benzene rings is 1. The number of allylic oxidation sites excluding steroid dienone is 1. The molecule has 0 atom stereocenters. The van der Waals surface area contributed by atoms with Crippen molar-refractivity contribution >= 4 is 15.9 Å². The largest absolute Gasteiger partial charge is 0.270 e. The Kier molecular flexibility index (Phi) is 4.38. The summed E-state index contributed by atoms with van der Waals surface area (Å²) in [6, 6.07) is 7.14. The van der Waals surface area contributed by atoms with Crippen molar-refractivity contribution < 1.29 is 13.3 Å². The van der Waals surface area contributed by atoms with E-state index in [1.54, 1.807) is 18.2 Å². The minimum absolute atomic E-state index is 0.272. The van der Waals surface area contributed by atoms with Crippen LogP contribution in [0, 0.1) is 17.0 Å². The molecule has 0 N–H and O–H groups in total. The van der Waals surface area contributed by atoms with Gasteiger partial charge in [-0.1, -0.05) is 29.8 Å². The summed E-state index contributed by atoms with van der Waals surface area (Å²) in [6.45, 7) is 1.87. The van der Waals surface area contributed by atoms with Crippen LogP contribution in [0.15, 0.2) is 41.4 Å². The van der Waals surface area contributed by atoms with Crippen molar-refractivity contribution in [3.63, 3.8) is 0 Å². The number of nitro groups is 1. The number of aryl methyl sites for hydroxylation is 1. The predicted octanol–water partition coefficient (Wildman–Crippen LogP) is 2.17. The SMILES string of the molecule is Cc1cccc(/C=C(\C=C/S(C)(=O)=O)[N+](=O)[O-])c1. The van der Waals surface area contributed by atoms with Crippen LogP contribution in [0.2, 0.25) is 0 Å². The van der Waals surface area contributed by atoms with Gasteiger partial charge < -0.3 is 0 Å². The van der Waals surface area contributed by atoms with Crippen LogP contribution >= 0.6 is 0 Å². The maximum absolute atomic E-state index is 10.9. The van der Waals surface area contributed by atoms with E-state index in [1.165, 1.54) is 6.08 Å². The Bertz CT molecular complexity index is 615. The first-order valence-electron chi connectivity index (χ1n) is 5.09. The molecule has 5 nitrogen and oxygen atoms in total. The van der Waals surface area contributed by atoms with Crippen molar-refractivity contribution in [2.24, 2.45) is 0 Å². The van der Waals surface area contributed by atoms with E-state index in [-0.39, 0.29) is 5.70 Å². The van der Waals surface area contributed by atoms with Gasteiger partial charge >= 0.3 is 0 Å². The molecule has 0 aliphatic heterocycles. The fourth-order valence-corrected chi connectivity index (χ4v) is 1.67. The molecule has 96 valence electrons. The molecule has 6 heteroatoms. The van der Waals surface area contributed by atoms with Crippen LogP contribution in [0.25, 0.3) is 6.08 Å². The number of sulfone groups is 1. The lowest BCUT2D eigenvalue weighted by Crippen LogP contribution is -1.97. The Morgan fingerprint density at radius 2 is 2.06 bits per heavy atom. The monoisotopic (exact) mass is 267 g/mol. The smallest absolute Gasteiger partial charge is 0.258 e. The van der Waals surface area contributed by atoms with Gasteiger partial charge in [-0.15, -0.1) is 0 Å². The summed E-state index contributed by atoms with van der Waals surface area (Å²) in [5, 5.41) is 11.6. The molecule has 0 amide bonds. The number of hydrogen-bond acceptors (Lipinski definition) is 4. The summed E-state index contributed by atoms with van der Waals surface area (Å²) in [7, 11) is -3.38. The highest BCUT2D eigenvalue weighted by molar-refractivity contribution is 7.93. The van der Waals surface area contributed by atoms with Crippen LogP contribution in [-0.2, 0) is 9.84 Å². The van der Waals surface area contributed by atoms with Crippen molar-refractivity contribution in [3.05, 3.63) is 62.7 Å². The zero-order valence-electron chi connectivity index (χ0n) is 10.0. The zero-order valence-corrected chi connectivity index (χ0v) is 10.8. The van der Waals surface area contributed by atoms with Crippen molar-refractivity contribution in [1.82, 2.24) is 0 Å². The molecule has 0 aliphatic carbocycles. The van der Waals surface area contributed by atoms with E-state index in [2.05, 4.69) is 0 Å². The number of rotatable bonds is 4. The number of hydrogen-bond donors (Lipinski definition) is 0. The van der Waals surface area contributed by atoms with Gasteiger partial charge in [0.2, 0.25) is 0 Å². The van der Waals surface area contributed by atoms with Gasteiger partial charge in [0, 0.05) is 23.8 Å². The van der Waals surface area contributed by atoms with Gasteiger partial charge in [0.05, 0.1) is 4.92 Å². The normalized spacial score (nSPS) is 12.9. The average Bonchev–Trinajstić information content (AvgIpc) is 2.22. The minimum Gasteiger partial charge on any atom is -0.258 e. The van der Waals surface area contributed by atoms with Gasteiger partial charge in [-0.05, 0) is 12.5 Å². The van der Waals surface area contributed by atoms with Gasteiger partial charge in [0.15, 0.2) is 9.84 Å². The molecule has 0 aliphatic rings. The van der Waals surface area contributed by atoms with Gasteiger partial charge in [0.1, 0.15) is 0 Å². The fraction of sp³-hybridized carbons (Fsp3) is 0.167. The third-order valence-corrected chi connectivity index (χ3v) is 2.68. The standard InChI is InChI=1S/C12H13NO4S/c1-10-4-3-5-11(8-10)9-12(13(14)15)6-7-18(2,16)17/h3-9H,1-2H3/b7-6-,12-9+. The third kappa shape index (κ3) is 4.92. The van der Waals surface area contributed by atoms with E-state index >= 15 is 0 Å². The lowest BCUT2D eigenvalue weighted by molar-refractivity contribution is -0.417. The first-order chi connectivity index (χ1) is 8.28. The lowest BCUT2D eigenvalue weighted by atomic mass is 10.1. The first kappa shape index (κ1) is 14.1. The van der Waals surface area contributed by atoms with Crippen LogP contribution in [0.1, 0.15) is 11.1 Å². The Balaban J connectivity index is 3.14. The Hall–Kier alpha value is -1.95. The highest BCUT2D eigenvalue weighted by atomic mass is 32.2. The van der Waals surface area contributed by atoms with Crippen LogP contribution in [0.5, 0.6) is 0 Å². The summed E-state index contributed by atoms with van der Waals surface area (Å²) < 4.78 is 21.9. The summed E-state index contributed by atoms with van der Waals surface area (Å²) in [5.41, 5.74) is 1.35. The van der Waals surface area contributed by atoms with Crippen molar-refractivity contribution in [2.75, 3.05) is 6.26 Å². The van der Waals surface area contributed by atoms with E-state index in [0.29, 0.717) is 5.56 Å². The van der Waals surface area contributed by atoms with Crippen LogP contribution in [0.3, 0.4) is 0 Å². The molecule has 0 unspecified atom stereocenters. The Morgan fingerprint density at radius 1 is 1.39 bits per heavy atom. The lowest BCUT2D eigenvalue weighted by Gasteiger charge is -1.96. The van der Waals surface area contributed by atoms with E-state index in [9.17, 15) is 18.5 Å². The Labute approximate surface area is 106 Å². The molecule has 0 radical (unpaired) electrons. The zero-order chi connectivity index (χ0) is 13.8. The molecular formula is C12H13NO4S. The molecule has 0 fully saturated rings. The quantitative estimate of drug-likeness (QED) is 0.476. The predicted molar refractivity (Wildman–Crippen MR) is 70.1 cm³/mol. The molecule has 1 aromatic carbocycles. The minimum atomic E-state index is -3.38. The molecule has 0 aromatic heterocycles. The first-order valence-corrected chi connectivity index (χ1v) is 7.04. The molecule has 18 heavy (non-hydrogen) atoms. The highest BCUT2D eigenvalue weighted by Crippen LogP contribution is 2.11. The molecule has 0 bridgehead atoms. The maximum Gasteiger partial charge on any atom is 0.270 e. The van der Waals surface area contributed by atoms with Gasteiger partial charge in [0.25, 0.3) is 5.70 Å². The van der Waals surface area contributed by atoms with Crippen LogP contribution in [-0.4, -0.2) is 19.6 Å². The van der Waals surface area contributed by atoms with E-state index in [1.807, 2.05) is 13.0 Å². The maximum atomic E-state index is 10.9. The summed E-state index contributed by atoms with van der Waals surface area (Å²) in [6.07, 6.45) is 3.29. The fourth-order valence-electron chi connectivity index (χ4n) is 1.29. The molecule has 1 aromatic rings. The molecule has 0 spiro atoms. The second-order valence-electron chi connectivity index (χ2n) is 3.87. The van der Waals surface area contributed by atoms with Crippen LogP contribution < -0.4 is 0 Å².